The number of aliphatic hydroxyl groups excluding tert-OH is 1. The molecule has 0 aliphatic heterocycles. The maximum atomic E-state index is 12.3. The molecule has 0 bridgehead atoms. The molecule has 0 fully saturated rings. The fourth-order valence-corrected chi connectivity index (χ4v) is 3.64. The van der Waals surface area contributed by atoms with E-state index < -0.39 is 52.7 Å². The fraction of sp³-hybridized carbons (Fsp3) is 0.500. The van der Waals surface area contributed by atoms with Crippen LogP contribution in [0.3, 0.4) is 0 Å². The lowest BCUT2D eigenvalue weighted by Gasteiger charge is -2.19. The molecule has 0 radical (unpaired) electrons. The summed E-state index contributed by atoms with van der Waals surface area (Å²) in [6, 6.07) is -3.98. The van der Waals surface area contributed by atoms with Crippen molar-refractivity contribution in [3.05, 3.63) is 30.0 Å². The second-order valence-corrected chi connectivity index (χ2v) is 7.86. The Morgan fingerprint density at radius 1 is 1.30 bits per heavy atom. The molecule has 166 valence electrons. The summed E-state index contributed by atoms with van der Waals surface area (Å²) in [5, 5.41) is 25.9. The van der Waals surface area contributed by atoms with Gasteiger partial charge in [0.05, 0.1) is 24.9 Å². The summed E-state index contributed by atoms with van der Waals surface area (Å²) < 4.78 is 33.7. The quantitative estimate of drug-likeness (QED) is 0.175. The summed E-state index contributed by atoms with van der Waals surface area (Å²) in [7, 11) is -4.54. The number of primary amides is 1. The molecule has 2 rings (SSSR count). The smallest absolute Gasteiger partial charge is 0.324 e. The van der Waals surface area contributed by atoms with E-state index in [4.69, 9.17) is 21.0 Å². The van der Waals surface area contributed by atoms with Crippen LogP contribution in [0.25, 0.3) is 0 Å². The molecular formula is C14H22N8O7S. The largest absolute Gasteiger partial charge is 0.480 e. The van der Waals surface area contributed by atoms with E-state index >= 15 is 0 Å². The van der Waals surface area contributed by atoms with Crippen LogP contribution in [-0.4, -0.2) is 62.8 Å². The Kier molecular flexibility index (Phi) is 7.57. The maximum absolute atomic E-state index is 12.3. The van der Waals surface area contributed by atoms with Crippen molar-refractivity contribution in [1.82, 2.24) is 29.6 Å². The number of rotatable bonds is 12. The molecular weight excluding hydrogens is 424 g/mol. The zero-order valence-corrected chi connectivity index (χ0v) is 16.5. The Hall–Kier alpha value is -2.92. The van der Waals surface area contributed by atoms with Gasteiger partial charge in [-0.2, -0.15) is 17.9 Å². The van der Waals surface area contributed by atoms with Gasteiger partial charge in [0.2, 0.25) is 17.7 Å². The zero-order chi connectivity index (χ0) is 22.5. The highest BCUT2D eigenvalue weighted by atomic mass is 32.2. The van der Waals surface area contributed by atoms with Crippen LogP contribution in [0.15, 0.2) is 16.9 Å². The molecule has 1 unspecified atom stereocenters. The van der Waals surface area contributed by atoms with Crippen LogP contribution in [-0.2, 0) is 26.2 Å². The van der Waals surface area contributed by atoms with Crippen LogP contribution >= 0.6 is 0 Å². The van der Waals surface area contributed by atoms with E-state index in [1.165, 1.54) is 6.33 Å². The number of H-pyrrole nitrogens is 1. The normalized spacial score (nSPS) is 16.0. The predicted octanol–water partition coefficient (Wildman–Crippen LogP) is -2.79. The molecule has 2 aromatic rings. The minimum absolute atomic E-state index is 0.0337. The van der Waals surface area contributed by atoms with Gasteiger partial charge in [-0.1, -0.05) is 0 Å². The number of aromatic amines is 1. The number of imidazole rings is 1. The van der Waals surface area contributed by atoms with Crippen molar-refractivity contribution in [2.75, 3.05) is 0 Å². The molecule has 0 saturated carbocycles. The van der Waals surface area contributed by atoms with Crippen molar-refractivity contribution in [3.63, 3.8) is 0 Å². The number of amides is 1. The number of aliphatic hydroxyl groups is 1. The van der Waals surface area contributed by atoms with Gasteiger partial charge < -0.3 is 31.1 Å². The van der Waals surface area contributed by atoms with Gasteiger partial charge >= 0.3 is 5.97 Å². The minimum Gasteiger partial charge on any atom is -0.480 e. The van der Waals surface area contributed by atoms with Gasteiger partial charge in [-0.05, 0) is 6.92 Å². The number of nitrogens with two attached hydrogens (primary N) is 2. The van der Waals surface area contributed by atoms with Crippen LogP contribution in [0.5, 0.6) is 0 Å². The summed E-state index contributed by atoms with van der Waals surface area (Å²) in [4.78, 5) is 29.2. The van der Waals surface area contributed by atoms with Gasteiger partial charge in [-0.15, -0.1) is 10.2 Å². The van der Waals surface area contributed by atoms with Crippen molar-refractivity contribution < 1.29 is 32.6 Å². The van der Waals surface area contributed by atoms with Gasteiger partial charge in [0.25, 0.3) is 10.2 Å². The second-order valence-electron chi connectivity index (χ2n) is 6.38. The van der Waals surface area contributed by atoms with Gasteiger partial charge in [-0.25, -0.2) is 4.98 Å². The lowest BCUT2D eigenvalue weighted by atomic mass is 10.2. The highest BCUT2D eigenvalue weighted by Crippen LogP contribution is 2.20. The van der Waals surface area contributed by atoms with Crippen LogP contribution in [0.2, 0.25) is 0 Å². The maximum Gasteiger partial charge on any atom is 0.324 e. The first-order valence-corrected chi connectivity index (χ1v) is 10.0. The van der Waals surface area contributed by atoms with Crippen LogP contribution in [0.4, 0.5) is 0 Å². The van der Waals surface area contributed by atoms with Crippen molar-refractivity contribution in [2.24, 2.45) is 11.5 Å². The van der Waals surface area contributed by atoms with Crippen LogP contribution in [0, 0.1) is 0 Å². The number of carboxylic acid groups (broad SMARTS) is 1. The number of carbonyl (C=O) groups is 2. The van der Waals surface area contributed by atoms with Gasteiger partial charge in [-0.3, -0.25) is 9.59 Å². The SMILES string of the molecule is CC(O)[C@H](NS(=O)(=O)N[C@@H](CC(N)=O)c1nnc([C@@H](N)Cc2cnc[nH]2)o1)C(=O)O. The Balaban J connectivity index is 2.18. The number of nitrogens with zero attached hydrogens (tertiary/aromatic N) is 3. The highest BCUT2D eigenvalue weighted by molar-refractivity contribution is 7.87. The van der Waals surface area contributed by atoms with E-state index in [0.29, 0.717) is 5.69 Å². The summed E-state index contributed by atoms with van der Waals surface area (Å²) in [5.74, 6) is -2.84. The standard InChI is InChI=1S/C14H22N8O7S/c1-6(23)11(14(25)26)22-30(27,28)21-9(3-10(16)24)13-20-19-12(29-13)8(15)2-7-4-17-5-18-7/h4-6,8-9,11,21-23H,2-3,15H2,1H3,(H2,16,24)(H,17,18)(H,25,26)/t6?,8-,9-,11-/m0/s1. The van der Waals surface area contributed by atoms with E-state index in [2.05, 4.69) is 20.2 Å². The first-order chi connectivity index (χ1) is 14.0. The number of nitrogens with one attached hydrogen (secondary N) is 3. The first-order valence-electron chi connectivity index (χ1n) is 8.53. The highest BCUT2D eigenvalue weighted by Gasteiger charge is 2.32. The van der Waals surface area contributed by atoms with E-state index in [1.807, 2.05) is 4.72 Å². The Bertz CT molecular complexity index is 959. The van der Waals surface area contributed by atoms with Crippen molar-refractivity contribution in [1.29, 1.82) is 0 Å². The first kappa shape index (κ1) is 23.4. The minimum atomic E-state index is -4.54. The Morgan fingerprint density at radius 3 is 2.50 bits per heavy atom. The van der Waals surface area contributed by atoms with Crippen LogP contribution in [0.1, 0.15) is 42.9 Å². The molecule has 30 heavy (non-hydrogen) atoms. The molecule has 16 heteroatoms. The van der Waals surface area contributed by atoms with Crippen molar-refractivity contribution in [3.8, 4) is 0 Å². The predicted molar refractivity (Wildman–Crippen MR) is 98.4 cm³/mol. The Morgan fingerprint density at radius 2 is 1.97 bits per heavy atom. The number of aromatic nitrogens is 4. The molecule has 0 spiro atoms. The summed E-state index contributed by atoms with van der Waals surface area (Å²) in [5.41, 5.74) is 11.8. The van der Waals surface area contributed by atoms with E-state index in [-0.39, 0.29) is 18.2 Å². The third-order valence-corrected chi connectivity index (χ3v) is 4.96. The number of carbonyl (C=O) groups excluding carboxylic acids is 1. The molecule has 15 nitrogen and oxygen atoms in total. The van der Waals surface area contributed by atoms with Gasteiger partial charge in [0, 0.05) is 18.3 Å². The third kappa shape index (κ3) is 6.56. The molecule has 2 heterocycles. The van der Waals surface area contributed by atoms with E-state index in [9.17, 15) is 23.1 Å². The topological polar surface area (TPSA) is 252 Å². The molecule has 9 N–H and O–H groups in total. The van der Waals surface area contributed by atoms with Gasteiger partial charge in [0.1, 0.15) is 12.1 Å². The number of hydrogen-bond donors (Lipinski definition) is 7. The van der Waals surface area contributed by atoms with Crippen molar-refractivity contribution >= 4 is 22.1 Å². The molecule has 4 atom stereocenters. The number of carboxylic acids is 1. The molecule has 0 saturated heterocycles. The zero-order valence-electron chi connectivity index (χ0n) is 15.7. The monoisotopic (exact) mass is 446 g/mol. The van der Waals surface area contributed by atoms with Gasteiger partial charge in [0.15, 0.2) is 0 Å². The second kappa shape index (κ2) is 9.72. The molecule has 0 aliphatic rings. The molecule has 0 aliphatic carbocycles. The molecule has 2 aromatic heterocycles. The average molecular weight is 446 g/mol. The fourth-order valence-electron chi connectivity index (χ4n) is 2.38. The van der Waals surface area contributed by atoms with E-state index in [1.54, 1.807) is 10.9 Å². The lowest BCUT2D eigenvalue weighted by molar-refractivity contribution is -0.141. The van der Waals surface area contributed by atoms with E-state index in [0.717, 1.165) is 6.92 Å². The molecule has 0 aromatic carbocycles. The number of aliphatic carboxylic acids is 1. The summed E-state index contributed by atoms with van der Waals surface area (Å²) in [6.45, 7) is 1.09. The lowest BCUT2D eigenvalue weighted by Crippen LogP contribution is -2.52. The number of hydrogen-bond acceptors (Lipinski definition) is 10. The Labute approximate surface area is 170 Å². The summed E-state index contributed by atoms with van der Waals surface area (Å²) in [6.07, 6.45) is 1.18. The third-order valence-electron chi connectivity index (χ3n) is 3.80. The molecule has 1 amide bonds. The average Bonchev–Trinajstić information content (AvgIpc) is 3.29. The van der Waals surface area contributed by atoms with Crippen molar-refractivity contribution in [2.45, 2.75) is 44.0 Å². The van der Waals surface area contributed by atoms with Crippen LogP contribution < -0.4 is 20.9 Å². The summed E-state index contributed by atoms with van der Waals surface area (Å²) >= 11 is 0.